The molecule has 2 N–H and O–H groups in total. The van der Waals surface area contributed by atoms with Gasteiger partial charge in [0.2, 0.25) is 0 Å². The number of halogens is 1. The second-order valence-electron chi connectivity index (χ2n) is 5.06. The number of nitrogens with one attached hydrogen (secondary N) is 1. The van der Waals surface area contributed by atoms with Gasteiger partial charge in [0, 0.05) is 12.0 Å². The number of aryl methyl sites for hydroxylation is 1. The monoisotopic (exact) mass is 253 g/mol. The number of hydrogen-bond donors (Lipinski definition) is 2. The fourth-order valence-corrected chi connectivity index (χ4v) is 2.52. The summed E-state index contributed by atoms with van der Waals surface area (Å²) in [4.78, 5) is 0. The number of rotatable bonds is 4. The van der Waals surface area contributed by atoms with Gasteiger partial charge in [0.05, 0.1) is 6.61 Å². The zero-order valence-corrected chi connectivity index (χ0v) is 10.9. The molecule has 0 spiro atoms. The molecule has 0 aromatic heterocycles. The van der Waals surface area contributed by atoms with E-state index in [1.807, 2.05) is 7.05 Å². The molecule has 2 unspecified atom stereocenters. The molecule has 1 saturated carbocycles. The third kappa shape index (κ3) is 2.49. The van der Waals surface area contributed by atoms with Gasteiger partial charge in [0.1, 0.15) is 6.10 Å². The van der Waals surface area contributed by atoms with Gasteiger partial charge in [-0.25, -0.2) is 4.39 Å². The maximum atomic E-state index is 13.8. The quantitative estimate of drug-likeness (QED) is 0.862. The van der Waals surface area contributed by atoms with Crippen molar-refractivity contribution in [1.82, 2.24) is 5.32 Å². The maximum absolute atomic E-state index is 13.8. The summed E-state index contributed by atoms with van der Waals surface area (Å²) in [5, 5.41) is 12.6. The molecule has 1 aliphatic rings. The number of ether oxygens (including phenoxy) is 1. The molecule has 0 aliphatic heterocycles. The molecule has 0 radical (unpaired) electrons. The summed E-state index contributed by atoms with van der Waals surface area (Å²) >= 11 is 0. The van der Waals surface area contributed by atoms with Crippen LogP contribution in [0.5, 0.6) is 5.75 Å². The van der Waals surface area contributed by atoms with Gasteiger partial charge < -0.3 is 15.2 Å². The molecule has 3 nitrogen and oxygen atoms in total. The molecule has 2 atom stereocenters. The molecule has 1 fully saturated rings. The predicted octanol–water partition coefficient (Wildman–Crippen LogP) is 2.02. The largest absolute Gasteiger partial charge is 0.487 e. The lowest BCUT2D eigenvalue weighted by Crippen LogP contribution is -2.44. The summed E-state index contributed by atoms with van der Waals surface area (Å²) in [5.41, 5.74) is 0.317. The Bertz CT molecular complexity index is 418. The topological polar surface area (TPSA) is 41.5 Å². The van der Waals surface area contributed by atoms with Crippen molar-refractivity contribution in [3.05, 3.63) is 29.6 Å². The molecule has 0 saturated heterocycles. The van der Waals surface area contributed by atoms with E-state index in [0.29, 0.717) is 17.7 Å². The van der Waals surface area contributed by atoms with Gasteiger partial charge in [0.25, 0.3) is 0 Å². The van der Waals surface area contributed by atoms with Crippen molar-refractivity contribution in [3.8, 4) is 5.75 Å². The number of aliphatic hydroxyl groups excluding tert-OH is 1. The van der Waals surface area contributed by atoms with Crippen molar-refractivity contribution in [2.75, 3.05) is 13.7 Å². The van der Waals surface area contributed by atoms with E-state index in [4.69, 9.17) is 4.74 Å². The van der Waals surface area contributed by atoms with E-state index in [2.05, 4.69) is 5.32 Å². The second kappa shape index (κ2) is 5.24. The Morgan fingerprint density at radius 3 is 2.94 bits per heavy atom. The smallest absolute Gasteiger partial charge is 0.167 e. The third-order valence-corrected chi connectivity index (χ3v) is 3.85. The van der Waals surface area contributed by atoms with Crippen LogP contribution in [0.3, 0.4) is 0 Å². The molecule has 1 aromatic rings. The van der Waals surface area contributed by atoms with Crippen LogP contribution in [0.15, 0.2) is 18.2 Å². The fraction of sp³-hybridized carbons (Fsp3) is 0.571. The zero-order valence-electron chi connectivity index (χ0n) is 10.9. The van der Waals surface area contributed by atoms with Gasteiger partial charge in [0.15, 0.2) is 11.6 Å². The van der Waals surface area contributed by atoms with Gasteiger partial charge in [-0.1, -0.05) is 12.1 Å². The molecular weight excluding hydrogens is 233 g/mol. The Morgan fingerprint density at radius 2 is 2.33 bits per heavy atom. The van der Waals surface area contributed by atoms with E-state index in [0.717, 1.165) is 12.8 Å². The highest BCUT2D eigenvalue weighted by Crippen LogP contribution is 2.33. The Kier molecular flexibility index (Phi) is 3.88. The lowest BCUT2D eigenvalue weighted by molar-refractivity contribution is 0.144. The number of benzene rings is 1. The first kappa shape index (κ1) is 13.3. The van der Waals surface area contributed by atoms with Crippen LogP contribution in [-0.2, 0) is 0 Å². The maximum Gasteiger partial charge on any atom is 0.167 e. The molecular formula is C14H20FNO2. The molecule has 1 aliphatic carbocycles. The molecule has 0 amide bonds. The van der Waals surface area contributed by atoms with Crippen molar-refractivity contribution in [2.24, 2.45) is 0 Å². The summed E-state index contributed by atoms with van der Waals surface area (Å²) < 4.78 is 19.5. The summed E-state index contributed by atoms with van der Waals surface area (Å²) in [5.74, 6) is 0.0216. The first-order valence-electron chi connectivity index (χ1n) is 6.32. The van der Waals surface area contributed by atoms with Crippen LogP contribution in [0.4, 0.5) is 4.39 Å². The average Bonchev–Trinajstić information content (AvgIpc) is 2.79. The van der Waals surface area contributed by atoms with Crippen LogP contribution in [0.2, 0.25) is 0 Å². The van der Waals surface area contributed by atoms with Crippen molar-refractivity contribution in [3.63, 3.8) is 0 Å². The highest BCUT2D eigenvalue weighted by Gasteiger charge is 2.38. The Labute approximate surface area is 107 Å². The molecule has 100 valence electrons. The van der Waals surface area contributed by atoms with Gasteiger partial charge in [-0.05, 0) is 38.4 Å². The Hall–Kier alpha value is -1.13. The van der Waals surface area contributed by atoms with Crippen molar-refractivity contribution >= 4 is 0 Å². The molecule has 1 aromatic carbocycles. The minimum Gasteiger partial charge on any atom is -0.487 e. The van der Waals surface area contributed by atoms with Crippen LogP contribution in [0, 0.1) is 12.7 Å². The third-order valence-electron chi connectivity index (χ3n) is 3.85. The summed E-state index contributed by atoms with van der Waals surface area (Å²) in [6.45, 7) is 1.81. The van der Waals surface area contributed by atoms with Crippen LogP contribution in [0.25, 0.3) is 0 Å². The number of likely N-dealkylation sites (N-methyl/N-ethyl adjacent to an activating group) is 1. The predicted molar refractivity (Wildman–Crippen MR) is 68.3 cm³/mol. The van der Waals surface area contributed by atoms with Crippen LogP contribution >= 0.6 is 0 Å². The van der Waals surface area contributed by atoms with Crippen LogP contribution in [0.1, 0.15) is 24.8 Å². The minimum absolute atomic E-state index is 0.0408. The SMILES string of the molecule is CNC1(CO)CCC(Oc2cccc(C)c2F)C1. The fourth-order valence-electron chi connectivity index (χ4n) is 2.52. The van der Waals surface area contributed by atoms with E-state index >= 15 is 0 Å². The van der Waals surface area contributed by atoms with E-state index in [1.165, 1.54) is 0 Å². The minimum atomic E-state index is -0.288. The highest BCUT2D eigenvalue weighted by molar-refractivity contribution is 5.30. The molecule has 0 heterocycles. The Balaban J connectivity index is 2.06. The van der Waals surface area contributed by atoms with E-state index in [9.17, 15) is 9.50 Å². The highest BCUT2D eigenvalue weighted by atomic mass is 19.1. The molecule has 0 bridgehead atoms. The number of hydrogen-bond acceptors (Lipinski definition) is 3. The average molecular weight is 253 g/mol. The van der Waals surface area contributed by atoms with E-state index < -0.39 is 0 Å². The van der Waals surface area contributed by atoms with Gasteiger partial charge >= 0.3 is 0 Å². The zero-order chi connectivity index (χ0) is 13.2. The van der Waals surface area contributed by atoms with Gasteiger partial charge in [-0.3, -0.25) is 0 Å². The van der Waals surface area contributed by atoms with Crippen molar-refractivity contribution in [1.29, 1.82) is 0 Å². The van der Waals surface area contributed by atoms with E-state index in [1.54, 1.807) is 25.1 Å². The molecule has 18 heavy (non-hydrogen) atoms. The van der Waals surface area contributed by atoms with Crippen LogP contribution < -0.4 is 10.1 Å². The first-order valence-corrected chi connectivity index (χ1v) is 6.32. The van der Waals surface area contributed by atoms with Crippen molar-refractivity contribution < 1.29 is 14.2 Å². The van der Waals surface area contributed by atoms with E-state index in [-0.39, 0.29) is 24.1 Å². The molecule has 4 heteroatoms. The van der Waals surface area contributed by atoms with Gasteiger partial charge in [-0.2, -0.15) is 0 Å². The standard InChI is InChI=1S/C14H20FNO2/c1-10-4-3-5-12(13(10)15)18-11-6-7-14(8-11,9-17)16-2/h3-5,11,16-17H,6-9H2,1-2H3. The molecule has 2 rings (SSSR count). The van der Waals surface area contributed by atoms with Gasteiger partial charge in [-0.15, -0.1) is 0 Å². The normalized spacial score (nSPS) is 27.4. The lowest BCUT2D eigenvalue weighted by atomic mass is 9.99. The summed E-state index contributed by atoms with van der Waals surface area (Å²) in [7, 11) is 1.84. The lowest BCUT2D eigenvalue weighted by Gasteiger charge is -2.26. The second-order valence-corrected chi connectivity index (χ2v) is 5.06. The Morgan fingerprint density at radius 1 is 1.56 bits per heavy atom. The first-order chi connectivity index (χ1) is 8.60. The number of aliphatic hydroxyl groups is 1. The summed E-state index contributed by atoms with van der Waals surface area (Å²) in [6, 6.07) is 5.17. The van der Waals surface area contributed by atoms with Crippen molar-refractivity contribution in [2.45, 2.75) is 37.8 Å². The summed E-state index contributed by atoms with van der Waals surface area (Å²) in [6.07, 6.45) is 2.33. The van der Waals surface area contributed by atoms with Crippen LogP contribution in [-0.4, -0.2) is 30.4 Å².